The Balaban J connectivity index is 1.76. The van der Waals surface area contributed by atoms with Crippen LogP contribution in [0.4, 0.5) is 4.39 Å². The van der Waals surface area contributed by atoms with E-state index >= 15 is 0 Å². The third kappa shape index (κ3) is 3.79. The average molecular weight is 237 g/mol. The molecule has 0 saturated heterocycles. The highest BCUT2D eigenvalue weighted by molar-refractivity contribution is 5.15. The summed E-state index contributed by atoms with van der Waals surface area (Å²) >= 11 is 0. The van der Waals surface area contributed by atoms with E-state index in [1.54, 1.807) is 12.1 Å². The summed E-state index contributed by atoms with van der Waals surface area (Å²) in [6, 6.07) is 7.28. The van der Waals surface area contributed by atoms with Crippen molar-refractivity contribution in [1.82, 2.24) is 5.32 Å². The lowest BCUT2D eigenvalue weighted by Crippen LogP contribution is -2.32. The minimum Gasteiger partial charge on any atom is -0.374 e. The van der Waals surface area contributed by atoms with Crippen molar-refractivity contribution >= 4 is 0 Å². The van der Waals surface area contributed by atoms with E-state index in [2.05, 4.69) is 5.32 Å². The molecule has 0 heterocycles. The van der Waals surface area contributed by atoms with Gasteiger partial charge in [-0.25, -0.2) is 4.39 Å². The maximum atomic E-state index is 13.0. The highest BCUT2D eigenvalue weighted by Crippen LogP contribution is 2.22. The number of benzene rings is 1. The number of halogens is 1. The van der Waals surface area contributed by atoms with Crippen molar-refractivity contribution in [2.75, 3.05) is 7.05 Å². The SMILES string of the molecule is CNC1CCC(OCc2cccc(F)c2)CC1. The molecule has 1 aromatic rings. The molecule has 1 N–H and O–H groups in total. The number of ether oxygens (including phenoxy) is 1. The Morgan fingerprint density at radius 1 is 1.29 bits per heavy atom. The first-order valence-electron chi connectivity index (χ1n) is 6.31. The fourth-order valence-corrected chi connectivity index (χ4v) is 2.36. The molecule has 0 aliphatic heterocycles. The molecule has 1 fully saturated rings. The van der Waals surface area contributed by atoms with E-state index in [4.69, 9.17) is 4.74 Å². The second-order valence-electron chi connectivity index (χ2n) is 4.70. The van der Waals surface area contributed by atoms with Gasteiger partial charge >= 0.3 is 0 Å². The molecule has 0 aromatic heterocycles. The Kier molecular flexibility index (Phi) is 4.51. The van der Waals surface area contributed by atoms with Gasteiger partial charge in [0.05, 0.1) is 12.7 Å². The average Bonchev–Trinajstić information content (AvgIpc) is 2.37. The van der Waals surface area contributed by atoms with E-state index in [1.807, 2.05) is 13.1 Å². The van der Waals surface area contributed by atoms with Crippen molar-refractivity contribution in [2.45, 2.75) is 44.4 Å². The Morgan fingerprint density at radius 3 is 2.71 bits per heavy atom. The van der Waals surface area contributed by atoms with Crippen LogP contribution >= 0.6 is 0 Å². The van der Waals surface area contributed by atoms with Crippen LogP contribution in [0.2, 0.25) is 0 Å². The molecule has 0 atom stereocenters. The van der Waals surface area contributed by atoms with Crippen LogP contribution < -0.4 is 5.32 Å². The minimum absolute atomic E-state index is 0.190. The summed E-state index contributed by atoms with van der Waals surface area (Å²) in [5.41, 5.74) is 0.917. The topological polar surface area (TPSA) is 21.3 Å². The van der Waals surface area contributed by atoms with E-state index in [0.29, 0.717) is 18.8 Å². The smallest absolute Gasteiger partial charge is 0.123 e. The highest BCUT2D eigenvalue weighted by atomic mass is 19.1. The maximum absolute atomic E-state index is 13.0. The van der Waals surface area contributed by atoms with Gasteiger partial charge in [0.2, 0.25) is 0 Å². The predicted octanol–water partition coefficient (Wildman–Crippen LogP) is 2.87. The van der Waals surface area contributed by atoms with Crippen molar-refractivity contribution in [3.05, 3.63) is 35.6 Å². The molecule has 1 aromatic carbocycles. The molecule has 1 aliphatic carbocycles. The summed E-state index contributed by atoms with van der Waals surface area (Å²) < 4.78 is 18.8. The summed E-state index contributed by atoms with van der Waals surface area (Å²) in [6.07, 6.45) is 4.87. The standard InChI is InChI=1S/C14H20FNO/c1-16-13-5-7-14(8-6-13)17-10-11-3-2-4-12(15)9-11/h2-4,9,13-14,16H,5-8,10H2,1H3. The zero-order valence-electron chi connectivity index (χ0n) is 10.3. The normalized spacial score (nSPS) is 24.8. The summed E-state index contributed by atoms with van der Waals surface area (Å²) in [6.45, 7) is 0.520. The first-order valence-corrected chi connectivity index (χ1v) is 6.31. The van der Waals surface area contributed by atoms with Gasteiger partial charge < -0.3 is 10.1 Å². The molecular weight excluding hydrogens is 217 g/mol. The second-order valence-corrected chi connectivity index (χ2v) is 4.70. The van der Waals surface area contributed by atoms with E-state index in [-0.39, 0.29) is 5.82 Å². The monoisotopic (exact) mass is 237 g/mol. The van der Waals surface area contributed by atoms with Crippen molar-refractivity contribution in [2.24, 2.45) is 0 Å². The molecule has 1 aliphatic rings. The summed E-state index contributed by atoms with van der Waals surface area (Å²) in [5, 5.41) is 3.30. The second kappa shape index (κ2) is 6.12. The van der Waals surface area contributed by atoms with Gasteiger partial charge in [-0.3, -0.25) is 0 Å². The van der Waals surface area contributed by atoms with Gasteiger partial charge in [0, 0.05) is 6.04 Å². The lowest BCUT2D eigenvalue weighted by molar-refractivity contribution is 0.0117. The van der Waals surface area contributed by atoms with E-state index in [0.717, 1.165) is 18.4 Å². The molecule has 0 spiro atoms. The summed E-state index contributed by atoms with van der Waals surface area (Å²) in [7, 11) is 2.01. The molecule has 1 saturated carbocycles. The molecule has 0 bridgehead atoms. The summed E-state index contributed by atoms with van der Waals surface area (Å²) in [5.74, 6) is -0.190. The van der Waals surface area contributed by atoms with Gasteiger partial charge in [-0.15, -0.1) is 0 Å². The third-order valence-corrected chi connectivity index (χ3v) is 3.46. The number of hydrogen-bond acceptors (Lipinski definition) is 2. The molecule has 17 heavy (non-hydrogen) atoms. The fourth-order valence-electron chi connectivity index (χ4n) is 2.36. The number of rotatable bonds is 4. The van der Waals surface area contributed by atoms with Crippen molar-refractivity contribution < 1.29 is 9.13 Å². The summed E-state index contributed by atoms with van der Waals surface area (Å²) in [4.78, 5) is 0. The van der Waals surface area contributed by atoms with Crippen LogP contribution in [0.5, 0.6) is 0 Å². The third-order valence-electron chi connectivity index (χ3n) is 3.46. The van der Waals surface area contributed by atoms with Gasteiger partial charge in [0.25, 0.3) is 0 Å². The van der Waals surface area contributed by atoms with Gasteiger partial charge in [-0.2, -0.15) is 0 Å². The molecule has 2 rings (SSSR count). The van der Waals surface area contributed by atoms with Gasteiger partial charge in [-0.1, -0.05) is 12.1 Å². The molecule has 2 nitrogen and oxygen atoms in total. The molecule has 0 radical (unpaired) electrons. The Hall–Kier alpha value is -0.930. The fraction of sp³-hybridized carbons (Fsp3) is 0.571. The Labute approximate surface area is 102 Å². The van der Waals surface area contributed by atoms with Crippen LogP contribution in [0.15, 0.2) is 24.3 Å². The molecule has 0 unspecified atom stereocenters. The van der Waals surface area contributed by atoms with Crippen LogP contribution in [0.3, 0.4) is 0 Å². The van der Waals surface area contributed by atoms with Crippen molar-refractivity contribution in [3.8, 4) is 0 Å². The van der Waals surface area contributed by atoms with E-state index < -0.39 is 0 Å². The largest absolute Gasteiger partial charge is 0.374 e. The molecule has 94 valence electrons. The minimum atomic E-state index is -0.190. The van der Waals surface area contributed by atoms with Crippen molar-refractivity contribution in [3.63, 3.8) is 0 Å². The Bertz CT molecular complexity index is 348. The van der Waals surface area contributed by atoms with Crippen LogP contribution in [-0.4, -0.2) is 19.2 Å². The first kappa shape index (κ1) is 12.5. The number of nitrogens with one attached hydrogen (secondary N) is 1. The lowest BCUT2D eigenvalue weighted by Gasteiger charge is -2.28. The molecular formula is C14H20FNO. The van der Waals surface area contributed by atoms with Gasteiger partial charge in [-0.05, 0) is 50.4 Å². The molecule has 3 heteroatoms. The van der Waals surface area contributed by atoms with E-state index in [1.165, 1.54) is 18.9 Å². The van der Waals surface area contributed by atoms with Crippen LogP contribution in [0.25, 0.3) is 0 Å². The first-order chi connectivity index (χ1) is 8.28. The maximum Gasteiger partial charge on any atom is 0.123 e. The van der Waals surface area contributed by atoms with Crippen LogP contribution in [-0.2, 0) is 11.3 Å². The quantitative estimate of drug-likeness (QED) is 0.869. The highest BCUT2D eigenvalue weighted by Gasteiger charge is 2.20. The van der Waals surface area contributed by atoms with Gasteiger partial charge in [0.15, 0.2) is 0 Å². The van der Waals surface area contributed by atoms with Crippen LogP contribution in [0, 0.1) is 5.82 Å². The number of hydrogen-bond donors (Lipinski definition) is 1. The van der Waals surface area contributed by atoms with E-state index in [9.17, 15) is 4.39 Å². The predicted molar refractivity (Wildman–Crippen MR) is 66.3 cm³/mol. The Morgan fingerprint density at radius 2 is 2.06 bits per heavy atom. The lowest BCUT2D eigenvalue weighted by atomic mass is 9.93. The van der Waals surface area contributed by atoms with Crippen molar-refractivity contribution in [1.29, 1.82) is 0 Å². The van der Waals surface area contributed by atoms with Crippen LogP contribution in [0.1, 0.15) is 31.2 Å². The zero-order chi connectivity index (χ0) is 12.1. The zero-order valence-corrected chi connectivity index (χ0v) is 10.3. The van der Waals surface area contributed by atoms with Gasteiger partial charge in [0.1, 0.15) is 5.82 Å². The molecule has 0 amide bonds.